The summed E-state index contributed by atoms with van der Waals surface area (Å²) in [5, 5.41) is 2.57. The Bertz CT molecular complexity index is 488. The number of nitrogens with one attached hydrogen (secondary N) is 1. The number of esters is 1. The van der Waals surface area contributed by atoms with Crippen LogP contribution in [-0.4, -0.2) is 49.9 Å². The van der Waals surface area contributed by atoms with Gasteiger partial charge in [-0.25, -0.2) is 0 Å². The molecular weight excluding hydrogens is 272 g/mol. The largest absolute Gasteiger partial charge is 0.469 e. The molecule has 0 aliphatic rings. The molecule has 0 heterocycles. The van der Waals surface area contributed by atoms with Crippen LogP contribution in [0.15, 0.2) is 30.3 Å². The van der Waals surface area contributed by atoms with Gasteiger partial charge in [-0.15, -0.1) is 0 Å². The van der Waals surface area contributed by atoms with Gasteiger partial charge < -0.3 is 15.0 Å². The molecule has 2 amide bonds. The fourth-order valence-electron chi connectivity index (χ4n) is 1.67. The fourth-order valence-corrected chi connectivity index (χ4v) is 1.67. The molecular formula is C15H20N2O4. The van der Waals surface area contributed by atoms with Crippen LogP contribution in [0.25, 0.3) is 0 Å². The summed E-state index contributed by atoms with van der Waals surface area (Å²) in [5.74, 6) is -0.788. The van der Waals surface area contributed by atoms with E-state index >= 15 is 0 Å². The van der Waals surface area contributed by atoms with Crippen molar-refractivity contribution in [3.63, 3.8) is 0 Å². The first-order valence-electron chi connectivity index (χ1n) is 6.68. The standard InChI is InChI=1S/C15H20N2O4/c1-17(10-6-9-14(19)21-2)13(18)11-16-15(20)12-7-4-3-5-8-12/h3-5,7-8H,6,9-11H2,1-2H3,(H,16,20). The zero-order valence-corrected chi connectivity index (χ0v) is 12.3. The number of rotatable bonds is 7. The number of likely N-dealkylation sites (N-methyl/N-ethyl adjacent to an activating group) is 1. The predicted molar refractivity (Wildman–Crippen MR) is 77.7 cm³/mol. The van der Waals surface area contributed by atoms with Gasteiger partial charge in [-0.2, -0.15) is 0 Å². The number of benzene rings is 1. The summed E-state index contributed by atoms with van der Waals surface area (Å²) in [6.45, 7) is 0.373. The van der Waals surface area contributed by atoms with Crippen molar-refractivity contribution in [1.82, 2.24) is 10.2 Å². The summed E-state index contributed by atoms with van der Waals surface area (Å²) < 4.78 is 4.52. The number of methoxy groups -OCH3 is 1. The molecule has 0 bridgehead atoms. The molecule has 1 rings (SSSR count). The van der Waals surface area contributed by atoms with Crippen LogP contribution in [0.5, 0.6) is 0 Å². The van der Waals surface area contributed by atoms with Gasteiger partial charge in [0.2, 0.25) is 5.91 Å². The highest BCUT2D eigenvalue weighted by Crippen LogP contribution is 1.98. The Labute approximate surface area is 124 Å². The van der Waals surface area contributed by atoms with Gasteiger partial charge in [0, 0.05) is 25.6 Å². The molecule has 0 fully saturated rings. The summed E-state index contributed by atoms with van der Waals surface area (Å²) >= 11 is 0. The van der Waals surface area contributed by atoms with Crippen molar-refractivity contribution in [2.75, 3.05) is 27.2 Å². The van der Waals surface area contributed by atoms with Gasteiger partial charge in [-0.3, -0.25) is 14.4 Å². The highest BCUT2D eigenvalue weighted by molar-refractivity contribution is 5.96. The van der Waals surface area contributed by atoms with Crippen LogP contribution in [0.1, 0.15) is 23.2 Å². The zero-order chi connectivity index (χ0) is 15.7. The Kier molecular flexibility index (Phi) is 6.94. The number of ether oxygens (including phenoxy) is 1. The van der Waals surface area contributed by atoms with Crippen molar-refractivity contribution in [2.24, 2.45) is 0 Å². The van der Waals surface area contributed by atoms with E-state index < -0.39 is 0 Å². The summed E-state index contributed by atoms with van der Waals surface area (Å²) in [6.07, 6.45) is 0.798. The number of nitrogens with zero attached hydrogens (tertiary/aromatic N) is 1. The monoisotopic (exact) mass is 292 g/mol. The predicted octanol–water partition coefficient (Wildman–Crippen LogP) is 0.828. The van der Waals surface area contributed by atoms with Crippen molar-refractivity contribution in [2.45, 2.75) is 12.8 Å². The molecule has 6 nitrogen and oxygen atoms in total. The van der Waals surface area contributed by atoms with Gasteiger partial charge in [0.15, 0.2) is 0 Å². The maximum atomic E-state index is 11.8. The van der Waals surface area contributed by atoms with Crippen LogP contribution in [0.2, 0.25) is 0 Å². The minimum absolute atomic E-state index is 0.0670. The van der Waals surface area contributed by atoms with Crippen LogP contribution < -0.4 is 5.32 Å². The Balaban J connectivity index is 2.29. The van der Waals surface area contributed by atoms with E-state index in [1.54, 1.807) is 31.3 Å². The molecule has 0 aliphatic carbocycles. The Morgan fingerprint density at radius 1 is 1.19 bits per heavy atom. The van der Waals surface area contributed by atoms with Gasteiger partial charge in [-0.05, 0) is 18.6 Å². The molecule has 0 saturated heterocycles. The lowest BCUT2D eigenvalue weighted by Gasteiger charge is -2.17. The topological polar surface area (TPSA) is 75.7 Å². The molecule has 0 saturated carbocycles. The van der Waals surface area contributed by atoms with Crippen molar-refractivity contribution in [3.8, 4) is 0 Å². The molecule has 0 radical (unpaired) electrons. The van der Waals surface area contributed by atoms with Gasteiger partial charge in [0.1, 0.15) is 0 Å². The third-order valence-electron chi connectivity index (χ3n) is 2.96. The fraction of sp³-hybridized carbons (Fsp3) is 0.400. The van der Waals surface area contributed by atoms with Crippen LogP contribution in [0.3, 0.4) is 0 Å². The van der Waals surface area contributed by atoms with Crippen LogP contribution in [-0.2, 0) is 14.3 Å². The van der Waals surface area contributed by atoms with Crippen LogP contribution in [0.4, 0.5) is 0 Å². The lowest BCUT2D eigenvalue weighted by Crippen LogP contribution is -2.38. The second kappa shape index (κ2) is 8.73. The van der Waals surface area contributed by atoms with E-state index in [1.807, 2.05) is 6.07 Å². The first-order valence-corrected chi connectivity index (χ1v) is 6.68. The molecule has 114 valence electrons. The van der Waals surface area contributed by atoms with E-state index in [1.165, 1.54) is 12.0 Å². The third-order valence-corrected chi connectivity index (χ3v) is 2.96. The normalized spacial score (nSPS) is 9.81. The highest BCUT2D eigenvalue weighted by atomic mass is 16.5. The van der Waals surface area contributed by atoms with E-state index in [0.717, 1.165) is 0 Å². The van der Waals surface area contributed by atoms with E-state index in [4.69, 9.17) is 0 Å². The van der Waals surface area contributed by atoms with E-state index in [-0.39, 0.29) is 30.7 Å². The second-order valence-corrected chi connectivity index (χ2v) is 4.54. The van der Waals surface area contributed by atoms with E-state index in [9.17, 15) is 14.4 Å². The molecule has 0 atom stereocenters. The molecule has 0 spiro atoms. The summed E-state index contributed by atoms with van der Waals surface area (Å²) in [6, 6.07) is 8.70. The van der Waals surface area contributed by atoms with Crippen molar-refractivity contribution < 1.29 is 19.1 Å². The molecule has 0 aliphatic heterocycles. The number of hydrogen-bond acceptors (Lipinski definition) is 4. The summed E-state index contributed by atoms with van der Waals surface area (Å²) in [7, 11) is 2.96. The maximum absolute atomic E-state index is 11.8. The molecule has 6 heteroatoms. The van der Waals surface area contributed by atoms with Crippen LogP contribution in [0, 0.1) is 0 Å². The lowest BCUT2D eigenvalue weighted by molar-refractivity contribution is -0.141. The Hall–Kier alpha value is -2.37. The van der Waals surface area contributed by atoms with E-state index in [0.29, 0.717) is 18.5 Å². The summed E-state index contributed by atoms with van der Waals surface area (Å²) in [5.41, 5.74) is 0.513. The number of carbonyl (C=O) groups excluding carboxylic acids is 3. The number of hydrogen-bond donors (Lipinski definition) is 1. The highest BCUT2D eigenvalue weighted by Gasteiger charge is 2.11. The molecule has 21 heavy (non-hydrogen) atoms. The second-order valence-electron chi connectivity index (χ2n) is 4.54. The van der Waals surface area contributed by atoms with Crippen molar-refractivity contribution in [1.29, 1.82) is 0 Å². The average molecular weight is 292 g/mol. The molecule has 1 aromatic rings. The molecule has 1 N–H and O–H groups in total. The smallest absolute Gasteiger partial charge is 0.305 e. The van der Waals surface area contributed by atoms with Gasteiger partial charge in [0.05, 0.1) is 13.7 Å². The first-order chi connectivity index (χ1) is 10.0. The third kappa shape index (κ3) is 6.07. The Morgan fingerprint density at radius 3 is 2.48 bits per heavy atom. The van der Waals surface area contributed by atoms with Crippen LogP contribution >= 0.6 is 0 Å². The molecule has 0 aromatic heterocycles. The van der Waals surface area contributed by atoms with Gasteiger partial charge >= 0.3 is 5.97 Å². The zero-order valence-electron chi connectivity index (χ0n) is 12.3. The molecule has 0 unspecified atom stereocenters. The van der Waals surface area contributed by atoms with Gasteiger partial charge in [0.25, 0.3) is 5.91 Å². The van der Waals surface area contributed by atoms with Crippen molar-refractivity contribution in [3.05, 3.63) is 35.9 Å². The minimum Gasteiger partial charge on any atom is -0.469 e. The minimum atomic E-state index is -0.298. The number of amides is 2. The van der Waals surface area contributed by atoms with E-state index in [2.05, 4.69) is 10.1 Å². The number of carbonyl (C=O) groups is 3. The maximum Gasteiger partial charge on any atom is 0.305 e. The quantitative estimate of drug-likeness (QED) is 0.755. The first kappa shape index (κ1) is 16.7. The SMILES string of the molecule is COC(=O)CCCN(C)C(=O)CNC(=O)c1ccccc1. The average Bonchev–Trinajstić information content (AvgIpc) is 2.52. The molecule has 1 aromatic carbocycles. The lowest BCUT2D eigenvalue weighted by atomic mass is 10.2. The van der Waals surface area contributed by atoms with Crippen molar-refractivity contribution >= 4 is 17.8 Å². The Morgan fingerprint density at radius 2 is 1.86 bits per heavy atom. The summed E-state index contributed by atoms with van der Waals surface area (Å²) in [4.78, 5) is 36.0. The van der Waals surface area contributed by atoms with Gasteiger partial charge in [-0.1, -0.05) is 18.2 Å².